The number of amides is 1. The van der Waals surface area contributed by atoms with Crippen LogP contribution in [-0.4, -0.2) is 62.2 Å². The van der Waals surface area contributed by atoms with Crippen molar-refractivity contribution in [1.29, 1.82) is 0 Å². The highest BCUT2D eigenvalue weighted by atomic mass is 35.5. The van der Waals surface area contributed by atoms with E-state index in [1.54, 1.807) is 35.1 Å². The summed E-state index contributed by atoms with van der Waals surface area (Å²) in [7, 11) is 0. The van der Waals surface area contributed by atoms with Gasteiger partial charge in [-0.2, -0.15) is 5.10 Å². The second kappa shape index (κ2) is 10.4. The summed E-state index contributed by atoms with van der Waals surface area (Å²) in [4.78, 5) is 38.2. The first-order chi connectivity index (χ1) is 20.4. The Morgan fingerprint density at radius 1 is 1.24 bits per heavy atom. The summed E-state index contributed by atoms with van der Waals surface area (Å²) in [5.41, 5.74) is 1.44. The molecule has 218 valence electrons. The SMILES string of the molecule is O=C(O)NC[C@]1(c2ccccc2F)[C@@H]2CCN(c3cnc4c(-c5cc[nH]c(=O)c5Cl)nn(C5CCCCO5)c4n3)C[C@@H]21. The number of aromatic amines is 1. The van der Waals surface area contributed by atoms with Crippen LogP contribution in [0.4, 0.5) is 15.0 Å². The van der Waals surface area contributed by atoms with Crippen LogP contribution in [0.25, 0.3) is 22.4 Å². The molecule has 1 amide bonds. The fourth-order valence-corrected chi connectivity index (χ4v) is 7.20. The summed E-state index contributed by atoms with van der Waals surface area (Å²) in [5.74, 6) is 0.487. The van der Waals surface area contributed by atoms with Crippen molar-refractivity contribution in [2.45, 2.75) is 37.3 Å². The molecule has 5 heterocycles. The second-order valence-electron chi connectivity index (χ2n) is 11.2. The number of benzene rings is 1. The molecule has 42 heavy (non-hydrogen) atoms. The van der Waals surface area contributed by atoms with Crippen LogP contribution in [-0.2, 0) is 10.2 Å². The van der Waals surface area contributed by atoms with Crippen LogP contribution in [0.2, 0.25) is 5.02 Å². The summed E-state index contributed by atoms with van der Waals surface area (Å²) < 4.78 is 22.8. The molecule has 3 N–H and O–H groups in total. The number of nitrogens with one attached hydrogen (secondary N) is 2. The number of H-pyrrole nitrogens is 1. The number of ether oxygens (including phenoxy) is 1. The Labute approximate surface area is 244 Å². The van der Waals surface area contributed by atoms with Gasteiger partial charge >= 0.3 is 6.09 Å². The van der Waals surface area contributed by atoms with E-state index in [1.807, 2.05) is 0 Å². The topological polar surface area (TPSA) is 138 Å². The zero-order valence-corrected chi connectivity index (χ0v) is 23.4. The van der Waals surface area contributed by atoms with E-state index in [4.69, 9.17) is 31.4 Å². The number of carboxylic acid groups (broad SMARTS) is 1. The van der Waals surface area contributed by atoms with Crippen LogP contribution in [0, 0.1) is 17.7 Å². The van der Waals surface area contributed by atoms with Crippen molar-refractivity contribution in [2.24, 2.45) is 11.8 Å². The molecule has 3 aromatic heterocycles. The smallest absolute Gasteiger partial charge is 0.404 e. The van der Waals surface area contributed by atoms with E-state index in [0.717, 1.165) is 25.7 Å². The Morgan fingerprint density at radius 2 is 2.10 bits per heavy atom. The lowest BCUT2D eigenvalue weighted by atomic mass is 9.90. The fraction of sp³-hybridized carbons (Fsp3) is 0.414. The van der Waals surface area contributed by atoms with Crippen molar-refractivity contribution in [2.75, 3.05) is 31.1 Å². The number of halogens is 2. The highest BCUT2D eigenvalue weighted by molar-refractivity contribution is 6.33. The van der Waals surface area contributed by atoms with Gasteiger partial charge in [0, 0.05) is 43.4 Å². The quantitative estimate of drug-likeness (QED) is 0.300. The van der Waals surface area contributed by atoms with Gasteiger partial charge in [-0.05, 0) is 55.2 Å². The molecule has 0 radical (unpaired) electrons. The Bertz CT molecular complexity index is 1740. The zero-order valence-electron chi connectivity index (χ0n) is 22.6. The molecule has 1 saturated carbocycles. The minimum atomic E-state index is -1.13. The van der Waals surface area contributed by atoms with Crippen LogP contribution in [0.5, 0.6) is 0 Å². The molecule has 1 aromatic carbocycles. The van der Waals surface area contributed by atoms with Gasteiger partial charge in [-0.15, -0.1) is 0 Å². The third-order valence-corrected chi connectivity index (χ3v) is 9.41. The van der Waals surface area contributed by atoms with Crippen molar-refractivity contribution in [3.8, 4) is 11.3 Å². The first kappa shape index (κ1) is 26.8. The number of rotatable bonds is 6. The van der Waals surface area contributed by atoms with E-state index in [-0.39, 0.29) is 35.4 Å². The average Bonchev–Trinajstić information content (AvgIpc) is 3.49. The molecule has 3 fully saturated rings. The van der Waals surface area contributed by atoms with E-state index >= 15 is 4.39 Å². The standard InChI is InChI=1S/C29H29ClFN7O4/c30-23-16(8-10-32-27(23)39)24-25-26(38(36-24)22-7-3-4-12-42-22)35-21(13-33-25)37-11-9-17-19(14-37)29(17,15-34-28(40)41)18-5-1-2-6-20(18)31/h1-2,5-6,8,10,13,17,19,22,34H,3-4,7,9,11-12,14-15H2,(H,32,39)(H,40,41)/t17-,19+,22?,29-/m1/s1. The summed E-state index contributed by atoms with van der Waals surface area (Å²) in [6.07, 6.45) is 5.22. The molecule has 2 aliphatic heterocycles. The van der Waals surface area contributed by atoms with Crippen LogP contribution in [0.3, 0.4) is 0 Å². The normalized spacial score (nSPS) is 25.3. The van der Waals surface area contributed by atoms with Crippen molar-refractivity contribution < 1.29 is 19.0 Å². The minimum Gasteiger partial charge on any atom is -0.465 e. The summed E-state index contributed by atoms with van der Waals surface area (Å²) in [6.45, 7) is 1.98. The van der Waals surface area contributed by atoms with Gasteiger partial charge in [0.05, 0.1) is 6.20 Å². The van der Waals surface area contributed by atoms with Gasteiger partial charge in [-0.25, -0.2) is 23.8 Å². The lowest BCUT2D eigenvalue weighted by Crippen LogP contribution is -2.35. The van der Waals surface area contributed by atoms with Crippen molar-refractivity contribution in [3.05, 3.63) is 69.5 Å². The van der Waals surface area contributed by atoms with Crippen molar-refractivity contribution in [3.63, 3.8) is 0 Å². The van der Waals surface area contributed by atoms with E-state index < -0.39 is 17.1 Å². The third-order valence-electron chi connectivity index (χ3n) is 9.03. The van der Waals surface area contributed by atoms with E-state index in [0.29, 0.717) is 53.5 Å². The maximum atomic E-state index is 15.0. The fourth-order valence-electron chi connectivity index (χ4n) is 7.00. The van der Waals surface area contributed by atoms with E-state index in [9.17, 15) is 14.7 Å². The lowest BCUT2D eigenvalue weighted by Gasteiger charge is -2.27. The number of hydrogen-bond donors (Lipinski definition) is 3. The first-order valence-electron chi connectivity index (χ1n) is 14.1. The van der Waals surface area contributed by atoms with Crippen molar-refractivity contribution in [1.82, 2.24) is 30.0 Å². The number of nitrogens with zero attached hydrogens (tertiary/aromatic N) is 5. The number of pyridine rings is 1. The van der Waals surface area contributed by atoms with Gasteiger partial charge in [0.25, 0.3) is 5.56 Å². The molecule has 4 atom stereocenters. The monoisotopic (exact) mass is 593 g/mol. The Kier molecular flexibility index (Phi) is 6.62. The lowest BCUT2D eigenvalue weighted by molar-refractivity contribution is -0.0368. The van der Waals surface area contributed by atoms with Crippen molar-refractivity contribution >= 4 is 34.7 Å². The van der Waals surface area contributed by atoms with Gasteiger partial charge in [-0.3, -0.25) is 4.79 Å². The first-order valence-corrected chi connectivity index (χ1v) is 14.5. The molecule has 1 unspecified atom stereocenters. The molecule has 0 bridgehead atoms. The van der Waals surface area contributed by atoms with E-state index in [2.05, 4.69) is 15.2 Å². The van der Waals surface area contributed by atoms with Crippen LogP contribution in [0.1, 0.15) is 37.5 Å². The minimum absolute atomic E-state index is 0.0229. The predicted octanol–water partition coefficient (Wildman–Crippen LogP) is 4.33. The summed E-state index contributed by atoms with van der Waals surface area (Å²) in [6, 6.07) is 8.32. The Hall–Kier alpha value is -4.03. The molecular weight excluding hydrogens is 565 g/mol. The highest BCUT2D eigenvalue weighted by Crippen LogP contribution is 2.63. The molecular formula is C29H29ClFN7O4. The third kappa shape index (κ3) is 4.31. The highest BCUT2D eigenvalue weighted by Gasteiger charge is 2.67. The van der Waals surface area contributed by atoms with Crippen LogP contribution in [0.15, 0.2) is 47.5 Å². The van der Waals surface area contributed by atoms with Gasteiger partial charge in [-0.1, -0.05) is 29.8 Å². The van der Waals surface area contributed by atoms with Crippen LogP contribution >= 0.6 is 11.6 Å². The van der Waals surface area contributed by atoms with Gasteiger partial charge in [0.2, 0.25) is 0 Å². The molecule has 13 heteroatoms. The van der Waals surface area contributed by atoms with Gasteiger partial charge in [0.1, 0.15) is 27.9 Å². The molecule has 1 aliphatic carbocycles. The number of anilines is 1. The molecule has 7 rings (SSSR count). The Balaban J connectivity index is 1.26. The number of hydrogen-bond acceptors (Lipinski definition) is 7. The predicted molar refractivity (Wildman–Crippen MR) is 153 cm³/mol. The number of fused-ring (bicyclic) bond motifs is 2. The second-order valence-corrected chi connectivity index (χ2v) is 11.6. The number of carbonyl (C=O) groups is 1. The van der Waals surface area contributed by atoms with Gasteiger partial charge < -0.3 is 25.0 Å². The maximum absolute atomic E-state index is 15.0. The van der Waals surface area contributed by atoms with Gasteiger partial charge in [0.15, 0.2) is 11.9 Å². The molecule has 11 nitrogen and oxygen atoms in total. The Morgan fingerprint density at radius 3 is 2.88 bits per heavy atom. The van der Waals surface area contributed by atoms with Crippen LogP contribution < -0.4 is 15.8 Å². The van der Waals surface area contributed by atoms with E-state index in [1.165, 1.54) is 12.3 Å². The molecule has 3 aliphatic rings. The number of piperidine rings is 1. The summed E-state index contributed by atoms with van der Waals surface area (Å²) >= 11 is 6.38. The number of aromatic nitrogens is 5. The molecule has 4 aromatic rings. The summed E-state index contributed by atoms with van der Waals surface area (Å²) in [5, 5.41) is 16.7. The molecule has 2 saturated heterocycles. The molecule has 0 spiro atoms. The average molecular weight is 594 g/mol. The maximum Gasteiger partial charge on any atom is 0.404 e. The largest absolute Gasteiger partial charge is 0.465 e. The zero-order chi connectivity index (χ0) is 29.0.